The average Bonchev–Trinajstić information content (AvgIpc) is 2.96. The van der Waals surface area contributed by atoms with Gasteiger partial charge in [-0.05, 0) is 43.9 Å². The van der Waals surface area contributed by atoms with Crippen LogP contribution in [0.4, 0.5) is 0 Å². The van der Waals surface area contributed by atoms with E-state index in [1.54, 1.807) is 10.4 Å². The maximum absolute atomic E-state index is 12.7. The summed E-state index contributed by atoms with van der Waals surface area (Å²) >= 11 is 7.17. The number of aryl methyl sites for hydroxylation is 1. The summed E-state index contributed by atoms with van der Waals surface area (Å²) in [4.78, 5) is 0. The van der Waals surface area contributed by atoms with Gasteiger partial charge < -0.3 is 5.32 Å². The second-order valence-corrected chi connectivity index (χ2v) is 9.04. The molecule has 0 radical (unpaired) electrons. The molecule has 7 heteroatoms. The smallest absolute Gasteiger partial charge is 0.252 e. The average molecular weight is 321 g/mol. The van der Waals surface area contributed by atoms with Crippen LogP contribution in [-0.4, -0.2) is 38.4 Å². The van der Waals surface area contributed by atoms with Gasteiger partial charge in [-0.3, -0.25) is 0 Å². The molecule has 1 aromatic heterocycles. The molecule has 0 bridgehead atoms. The molecule has 3 rings (SSSR count). The number of nitrogens with one attached hydrogen (secondary N) is 1. The number of thiophene rings is 1. The number of fused-ring (bicyclic) bond motifs is 1. The maximum atomic E-state index is 12.7. The molecule has 0 amide bonds. The van der Waals surface area contributed by atoms with Gasteiger partial charge in [-0.2, -0.15) is 4.31 Å². The Balaban J connectivity index is 1.95. The van der Waals surface area contributed by atoms with Gasteiger partial charge in [-0.1, -0.05) is 11.6 Å². The lowest BCUT2D eigenvalue weighted by molar-refractivity contribution is 0.218. The highest BCUT2D eigenvalue weighted by Gasteiger charge is 2.41. The lowest BCUT2D eigenvalue weighted by Crippen LogP contribution is -2.47. The van der Waals surface area contributed by atoms with Crippen molar-refractivity contribution < 1.29 is 8.42 Å². The Labute approximate surface area is 122 Å². The van der Waals surface area contributed by atoms with E-state index < -0.39 is 10.0 Å². The lowest BCUT2D eigenvalue weighted by Gasteiger charge is -2.35. The first-order valence-electron chi connectivity index (χ1n) is 6.48. The topological polar surface area (TPSA) is 49.4 Å². The van der Waals surface area contributed by atoms with Gasteiger partial charge in [0, 0.05) is 19.1 Å². The van der Waals surface area contributed by atoms with Crippen molar-refractivity contribution in [2.75, 3.05) is 19.6 Å². The van der Waals surface area contributed by atoms with Crippen molar-refractivity contribution in [2.24, 2.45) is 5.92 Å². The third-order valence-corrected chi connectivity index (χ3v) is 7.95. The Bertz CT molecular complexity index is 565. The van der Waals surface area contributed by atoms with Gasteiger partial charge in [0.1, 0.15) is 4.21 Å². The number of hydrogen-bond donors (Lipinski definition) is 1. The molecule has 2 fully saturated rings. The number of rotatable bonds is 2. The predicted octanol–water partition coefficient (Wildman–Crippen LogP) is 2.08. The standard InChI is InChI=1S/C12H17ClN2O2S2/c1-8-5-11(18-12(8)13)19(16,17)15-4-2-3-9-6-14-7-10(9)15/h5,9-10,14H,2-4,6-7H2,1H3. The first-order valence-corrected chi connectivity index (χ1v) is 9.12. The molecule has 2 aliphatic rings. The molecule has 0 saturated carbocycles. The lowest BCUT2D eigenvalue weighted by atomic mass is 9.94. The van der Waals surface area contributed by atoms with Gasteiger partial charge in [0.2, 0.25) is 0 Å². The minimum atomic E-state index is -3.39. The maximum Gasteiger partial charge on any atom is 0.252 e. The zero-order chi connectivity index (χ0) is 13.6. The zero-order valence-electron chi connectivity index (χ0n) is 10.7. The van der Waals surface area contributed by atoms with E-state index in [2.05, 4.69) is 5.32 Å². The summed E-state index contributed by atoms with van der Waals surface area (Å²) in [6.45, 7) is 4.16. The largest absolute Gasteiger partial charge is 0.315 e. The van der Waals surface area contributed by atoms with Crippen molar-refractivity contribution in [3.63, 3.8) is 0 Å². The van der Waals surface area contributed by atoms with E-state index in [4.69, 9.17) is 11.6 Å². The predicted molar refractivity (Wildman–Crippen MR) is 77.3 cm³/mol. The molecule has 0 aromatic carbocycles. The first-order chi connectivity index (χ1) is 9.00. The van der Waals surface area contributed by atoms with E-state index in [9.17, 15) is 8.42 Å². The summed E-state index contributed by atoms with van der Waals surface area (Å²) < 4.78 is 28.1. The summed E-state index contributed by atoms with van der Waals surface area (Å²) in [5, 5.41) is 3.31. The van der Waals surface area contributed by atoms with Crippen LogP contribution in [0.1, 0.15) is 18.4 Å². The van der Waals surface area contributed by atoms with Crippen LogP contribution in [0.25, 0.3) is 0 Å². The molecule has 0 aliphatic carbocycles. The summed E-state index contributed by atoms with van der Waals surface area (Å²) in [5.74, 6) is 0.458. The van der Waals surface area contributed by atoms with Gasteiger partial charge in [0.05, 0.1) is 4.34 Å². The fourth-order valence-corrected chi connectivity index (χ4v) is 6.56. The quantitative estimate of drug-likeness (QED) is 0.907. The SMILES string of the molecule is Cc1cc(S(=O)(=O)N2CCCC3CNCC32)sc1Cl. The van der Waals surface area contributed by atoms with Crippen LogP contribution < -0.4 is 5.32 Å². The van der Waals surface area contributed by atoms with E-state index >= 15 is 0 Å². The highest BCUT2D eigenvalue weighted by atomic mass is 35.5. The number of hydrogen-bond acceptors (Lipinski definition) is 4. The van der Waals surface area contributed by atoms with Crippen molar-refractivity contribution in [2.45, 2.75) is 30.0 Å². The van der Waals surface area contributed by atoms with E-state index in [0.717, 1.165) is 42.8 Å². The van der Waals surface area contributed by atoms with Crippen LogP contribution in [0, 0.1) is 12.8 Å². The Morgan fingerprint density at radius 3 is 2.95 bits per heavy atom. The molecule has 2 aliphatic heterocycles. The van der Waals surface area contributed by atoms with Crippen LogP contribution in [-0.2, 0) is 10.0 Å². The molecular formula is C12H17ClN2O2S2. The van der Waals surface area contributed by atoms with Gasteiger partial charge in [0.15, 0.2) is 0 Å². The molecule has 3 heterocycles. The van der Waals surface area contributed by atoms with Crippen molar-refractivity contribution >= 4 is 33.0 Å². The van der Waals surface area contributed by atoms with Crippen molar-refractivity contribution in [1.29, 1.82) is 0 Å². The van der Waals surface area contributed by atoms with Crippen LogP contribution in [0.2, 0.25) is 4.34 Å². The Kier molecular flexibility index (Phi) is 3.64. The van der Waals surface area contributed by atoms with Crippen LogP contribution in [0.15, 0.2) is 10.3 Å². The van der Waals surface area contributed by atoms with E-state index in [-0.39, 0.29) is 6.04 Å². The number of nitrogens with zero attached hydrogens (tertiary/aromatic N) is 1. The second-order valence-electron chi connectivity index (χ2n) is 5.27. The third kappa shape index (κ3) is 2.34. The fourth-order valence-electron chi connectivity index (χ4n) is 3.00. The monoisotopic (exact) mass is 320 g/mol. The normalized spacial score (nSPS) is 28.5. The van der Waals surface area contributed by atoms with Crippen LogP contribution in [0.5, 0.6) is 0 Å². The van der Waals surface area contributed by atoms with Crippen molar-refractivity contribution in [1.82, 2.24) is 9.62 Å². The molecule has 2 saturated heterocycles. The first kappa shape index (κ1) is 13.8. The molecule has 106 valence electrons. The Morgan fingerprint density at radius 2 is 2.26 bits per heavy atom. The third-order valence-electron chi connectivity index (χ3n) is 4.03. The van der Waals surface area contributed by atoms with Crippen molar-refractivity contribution in [3.8, 4) is 0 Å². The van der Waals surface area contributed by atoms with Gasteiger partial charge in [-0.25, -0.2) is 8.42 Å². The molecule has 0 spiro atoms. The van der Waals surface area contributed by atoms with Gasteiger partial charge >= 0.3 is 0 Å². The zero-order valence-corrected chi connectivity index (χ0v) is 13.1. The highest BCUT2D eigenvalue weighted by molar-refractivity contribution is 7.91. The Hall–Kier alpha value is -0.140. The molecular weight excluding hydrogens is 304 g/mol. The minimum absolute atomic E-state index is 0.111. The summed E-state index contributed by atoms with van der Waals surface area (Å²) in [5.41, 5.74) is 0.836. The summed E-state index contributed by atoms with van der Waals surface area (Å²) in [6.07, 6.45) is 2.06. The molecule has 4 nitrogen and oxygen atoms in total. The summed E-state index contributed by atoms with van der Waals surface area (Å²) in [6, 6.07) is 1.80. The number of sulfonamides is 1. The number of halogens is 1. The van der Waals surface area contributed by atoms with Crippen LogP contribution in [0.3, 0.4) is 0 Å². The molecule has 19 heavy (non-hydrogen) atoms. The highest BCUT2D eigenvalue weighted by Crippen LogP contribution is 2.36. The van der Waals surface area contributed by atoms with E-state index in [1.807, 2.05) is 6.92 Å². The molecule has 1 N–H and O–H groups in total. The van der Waals surface area contributed by atoms with E-state index in [1.165, 1.54) is 0 Å². The van der Waals surface area contributed by atoms with E-state index in [0.29, 0.717) is 21.0 Å². The number of piperidine rings is 1. The van der Waals surface area contributed by atoms with Gasteiger partial charge in [0.25, 0.3) is 10.0 Å². The van der Waals surface area contributed by atoms with Crippen LogP contribution >= 0.6 is 22.9 Å². The summed E-state index contributed by atoms with van der Waals surface area (Å²) in [7, 11) is -3.39. The second kappa shape index (κ2) is 5.00. The fraction of sp³-hybridized carbons (Fsp3) is 0.667. The molecule has 1 aromatic rings. The van der Waals surface area contributed by atoms with Crippen molar-refractivity contribution in [3.05, 3.63) is 16.0 Å². The van der Waals surface area contributed by atoms with Gasteiger partial charge in [-0.15, -0.1) is 11.3 Å². The molecule has 2 atom stereocenters. The minimum Gasteiger partial charge on any atom is -0.315 e. The Morgan fingerprint density at radius 1 is 1.47 bits per heavy atom. The molecule has 2 unspecified atom stereocenters.